The standard InChI is InChI=1S/C17H16N4O3S2/c22-16(7-2-13-8-11-25-12-13)20-14-3-5-15(6-4-14)26(23,24)21-17-18-9-1-10-19-17/h1,3-6,8-12H,2,7H2,(H,20,22)(H,18,19,21). The zero-order chi connectivity index (χ0) is 18.4. The maximum Gasteiger partial charge on any atom is 0.264 e. The molecule has 2 heterocycles. The molecular weight excluding hydrogens is 372 g/mol. The third-order valence-electron chi connectivity index (χ3n) is 3.46. The molecule has 1 aromatic carbocycles. The Hall–Kier alpha value is -2.78. The second kappa shape index (κ2) is 8.07. The summed E-state index contributed by atoms with van der Waals surface area (Å²) in [4.78, 5) is 19.7. The Morgan fingerprint density at radius 3 is 2.46 bits per heavy atom. The zero-order valence-electron chi connectivity index (χ0n) is 13.6. The molecule has 0 bridgehead atoms. The number of nitrogens with one attached hydrogen (secondary N) is 2. The van der Waals surface area contributed by atoms with Gasteiger partial charge in [-0.1, -0.05) is 0 Å². The highest BCUT2D eigenvalue weighted by Crippen LogP contribution is 2.17. The number of nitrogens with zero attached hydrogens (tertiary/aromatic N) is 2. The third kappa shape index (κ3) is 4.87. The maximum absolute atomic E-state index is 12.3. The van der Waals surface area contributed by atoms with Gasteiger partial charge < -0.3 is 5.32 Å². The van der Waals surface area contributed by atoms with E-state index in [0.717, 1.165) is 5.56 Å². The molecule has 0 radical (unpaired) electrons. The molecule has 0 aliphatic heterocycles. The van der Waals surface area contributed by atoms with E-state index in [1.807, 2.05) is 16.8 Å². The molecular formula is C17H16N4O3S2. The molecule has 0 spiro atoms. The summed E-state index contributed by atoms with van der Waals surface area (Å²) in [6.07, 6.45) is 3.92. The number of aromatic nitrogens is 2. The highest BCUT2D eigenvalue weighted by molar-refractivity contribution is 7.92. The maximum atomic E-state index is 12.3. The monoisotopic (exact) mass is 388 g/mol. The molecule has 9 heteroatoms. The minimum Gasteiger partial charge on any atom is -0.326 e. The number of benzene rings is 1. The van der Waals surface area contributed by atoms with E-state index in [0.29, 0.717) is 18.5 Å². The molecule has 3 aromatic rings. The molecule has 26 heavy (non-hydrogen) atoms. The summed E-state index contributed by atoms with van der Waals surface area (Å²) < 4.78 is 26.9. The Morgan fingerprint density at radius 2 is 1.81 bits per heavy atom. The number of anilines is 2. The fourth-order valence-corrected chi connectivity index (χ4v) is 3.83. The predicted octanol–water partition coefficient (Wildman–Crippen LogP) is 2.91. The lowest BCUT2D eigenvalue weighted by molar-refractivity contribution is -0.116. The number of sulfonamides is 1. The first-order valence-corrected chi connectivity index (χ1v) is 10.2. The molecule has 0 saturated carbocycles. The lowest BCUT2D eigenvalue weighted by Crippen LogP contribution is -2.15. The minimum atomic E-state index is -3.78. The molecule has 7 nitrogen and oxygen atoms in total. The van der Waals surface area contributed by atoms with Gasteiger partial charge in [0.2, 0.25) is 11.9 Å². The number of carbonyl (C=O) groups excluding carboxylic acids is 1. The molecule has 0 fully saturated rings. The lowest BCUT2D eigenvalue weighted by atomic mass is 10.2. The topological polar surface area (TPSA) is 101 Å². The van der Waals surface area contributed by atoms with Crippen LogP contribution in [0, 0.1) is 0 Å². The van der Waals surface area contributed by atoms with Gasteiger partial charge in [0, 0.05) is 24.5 Å². The van der Waals surface area contributed by atoms with Crippen LogP contribution in [-0.2, 0) is 21.2 Å². The van der Waals surface area contributed by atoms with Crippen molar-refractivity contribution in [3.8, 4) is 0 Å². The molecule has 0 saturated heterocycles. The second-order valence-electron chi connectivity index (χ2n) is 5.38. The van der Waals surface area contributed by atoms with Gasteiger partial charge in [0.25, 0.3) is 10.0 Å². The number of aryl methyl sites for hydroxylation is 1. The highest BCUT2D eigenvalue weighted by atomic mass is 32.2. The summed E-state index contributed by atoms with van der Waals surface area (Å²) in [5.74, 6) is -0.124. The van der Waals surface area contributed by atoms with Gasteiger partial charge in [-0.2, -0.15) is 11.3 Å². The van der Waals surface area contributed by atoms with Crippen LogP contribution in [0.1, 0.15) is 12.0 Å². The number of rotatable bonds is 7. The van der Waals surface area contributed by atoms with Crippen molar-refractivity contribution in [3.63, 3.8) is 0 Å². The van der Waals surface area contributed by atoms with Gasteiger partial charge in [-0.15, -0.1) is 0 Å². The molecule has 0 aliphatic rings. The fourth-order valence-electron chi connectivity index (χ4n) is 2.16. The smallest absolute Gasteiger partial charge is 0.264 e. The quantitative estimate of drug-likeness (QED) is 0.648. The molecule has 2 aromatic heterocycles. The Bertz CT molecular complexity index is 957. The van der Waals surface area contributed by atoms with Crippen LogP contribution in [0.4, 0.5) is 11.6 Å². The van der Waals surface area contributed by atoms with Gasteiger partial charge in [0.15, 0.2) is 0 Å². The van der Waals surface area contributed by atoms with Crippen molar-refractivity contribution in [3.05, 3.63) is 65.1 Å². The average molecular weight is 388 g/mol. The normalized spacial score (nSPS) is 11.1. The van der Waals surface area contributed by atoms with E-state index in [4.69, 9.17) is 0 Å². The van der Waals surface area contributed by atoms with Crippen molar-refractivity contribution >= 4 is 38.9 Å². The summed E-state index contributed by atoms with van der Waals surface area (Å²) in [6.45, 7) is 0. The third-order valence-corrected chi connectivity index (χ3v) is 5.54. The van der Waals surface area contributed by atoms with E-state index in [1.165, 1.54) is 24.5 Å². The van der Waals surface area contributed by atoms with Gasteiger partial charge in [0.05, 0.1) is 4.90 Å². The van der Waals surface area contributed by atoms with Gasteiger partial charge in [-0.25, -0.2) is 23.1 Å². The van der Waals surface area contributed by atoms with Crippen LogP contribution in [0.5, 0.6) is 0 Å². The van der Waals surface area contributed by atoms with Crippen LogP contribution in [0.3, 0.4) is 0 Å². The molecule has 0 aliphatic carbocycles. The summed E-state index contributed by atoms with van der Waals surface area (Å²) >= 11 is 1.60. The highest BCUT2D eigenvalue weighted by Gasteiger charge is 2.15. The van der Waals surface area contributed by atoms with Crippen molar-refractivity contribution in [1.29, 1.82) is 0 Å². The van der Waals surface area contributed by atoms with Crippen molar-refractivity contribution in [2.75, 3.05) is 10.0 Å². The van der Waals surface area contributed by atoms with Crippen molar-refractivity contribution in [2.45, 2.75) is 17.7 Å². The number of carbonyl (C=O) groups is 1. The van der Waals surface area contributed by atoms with Crippen LogP contribution in [0.15, 0.2) is 64.4 Å². The summed E-state index contributed by atoms with van der Waals surface area (Å²) in [6, 6.07) is 9.50. The van der Waals surface area contributed by atoms with Crippen LogP contribution >= 0.6 is 11.3 Å². The minimum absolute atomic E-state index is 0.00157. The summed E-state index contributed by atoms with van der Waals surface area (Å²) in [5.41, 5.74) is 1.66. The van der Waals surface area contributed by atoms with Gasteiger partial charge in [0.1, 0.15) is 0 Å². The average Bonchev–Trinajstić information content (AvgIpc) is 3.14. The summed E-state index contributed by atoms with van der Waals surface area (Å²) in [7, 11) is -3.78. The molecule has 0 atom stereocenters. The molecule has 134 valence electrons. The number of hydrogen-bond donors (Lipinski definition) is 2. The molecule has 0 unspecified atom stereocenters. The Balaban J connectivity index is 1.59. The largest absolute Gasteiger partial charge is 0.326 e. The van der Waals surface area contributed by atoms with Crippen molar-refractivity contribution in [2.24, 2.45) is 0 Å². The van der Waals surface area contributed by atoms with Gasteiger partial charge in [-0.05, 0) is 59.1 Å². The van der Waals surface area contributed by atoms with E-state index >= 15 is 0 Å². The summed E-state index contributed by atoms with van der Waals surface area (Å²) in [5, 5.41) is 6.74. The van der Waals surface area contributed by atoms with Crippen LogP contribution in [-0.4, -0.2) is 24.3 Å². The molecule has 1 amide bonds. The molecule has 2 N–H and O–H groups in total. The van der Waals surface area contributed by atoms with Crippen LogP contribution < -0.4 is 10.0 Å². The zero-order valence-corrected chi connectivity index (χ0v) is 15.3. The Labute approximate surface area is 155 Å². The van der Waals surface area contributed by atoms with Crippen LogP contribution in [0.25, 0.3) is 0 Å². The Morgan fingerprint density at radius 1 is 1.08 bits per heavy atom. The van der Waals surface area contributed by atoms with E-state index in [2.05, 4.69) is 20.0 Å². The van der Waals surface area contributed by atoms with Gasteiger partial charge in [-0.3, -0.25) is 4.79 Å². The van der Waals surface area contributed by atoms with E-state index in [1.54, 1.807) is 29.5 Å². The Kier molecular flexibility index (Phi) is 5.59. The first-order valence-electron chi connectivity index (χ1n) is 7.74. The van der Waals surface area contributed by atoms with Crippen molar-refractivity contribution in [1.82, 2.24) is 9.97 Å². The second-order valence-corrected chi connectivity index (χ2v) is 7.84. The number of hydrogen-bond acceptors (Lipinski definition) is 6. The fraction of sp³-hybridized carbons (Fsp3) is 0.118. The van der Waals surface area contributed by atoms with E-state index in [-0.39, 0.29) is 16.8 Å². The predicted molar refractivity (Wildman–Crippen MR) is 101 cm³/mol. The lowest BCUT2D eigenvalue weighted by Gasteiger charge is -2.08. The number of thiophene rings is 1. The first-order chi connectivity index (χ1) is 12.5. The van der Waals surface area contributed by atoms with E-state index in [9.17, 15) is 13.2 Å². The first kappa shape index (κ1) is 18.0. The number of amides is 1. The van der Waals surface area contributed by atoms with E-state index < -0.39 is 10.0 Å². The van der Waals surface area contributed by atoms with Gasteiger partial charge >= 0.3 is 0 Å². The van der Waals surface area contributed by atoms with Crippen molar-refractivity contribution < 1.29 is 13.2 Å². The molecule has 3 rings (SSSR count). The van der Waals surface area contributed by atoms with Crippen LogP contribution in [0.2, 0.25) is 0 Å². The SMILES string of the molecule is O=C(CCc1ccsc1)Nc1ccc(S(=O)(=O)Nc2ncccn2)cc1.